The van der Waals surface area contributed by atoms with Gasteiger partial charge in [0.1, 0.15) is 0 Å². The van der Waals surface area contributed by atoms with Crippen LogP contribution < -0.4 is 4.90 Å². The Morgan fingerprint density at radius 3 is 2.78 bits per heavy atom. The molecule has 0 aromatic heterocycles. The van der Waals surface area contributed by atoms with E-state index in [-0.39, 0.29) is 11.5 Å². The van der Waals surface area contributed by atoms with Gasteiger partial charge in [-0.3, -0.25) is 4.79 Å². The Bertz CT molecular complexity index is 520. The van der Waals surface area contributed by atoms with Crippen LogP contribution in [-0.4, -0.2) is 23.5 Å². The van der Waals surface area contributed by atoms with E-state index in [4.69, 9.17) is 5.11 Å². The molecule has 0 saturated heterocycles. The standard InChI is InChI=1S/C14H15NO3/c1-10(9-13(16)17)14(18)15-8-4-6-11-5-2-3-7-12(11)15/h2-3,5,7,9H,4,6,8H2,1H3,(H,16,17)/b10-9+. The van der Waals surface area contributed by atoms with Crippen molar-refractivity contribution in [3.63, 3.8) is 0 Å². The second-order valence-electron chi connectivity index (χ2n) is 4.35. The van der Waals surface area contributed by atoms with E-state index in [1.807, 2.05) is 24.3 Å². The summed E-state index contributed by atoms with van der Waals surface area (Å²) in [5.41, 5.74) is 2.28. The van der Waals surface area contributed by atoms with Gasteiger partial charge in [-0.1, -0.05) is 18.2 Å². The molecule has 0 fully saturated rings. The summed E-state index contributed by atoms with van der Waals surface area (Å²) < 4.78 is 0. The Hall–Kier alpha value is -2.10. The zero-order valence-electron chi connectivity index (χ0n) is 10.2. The number of nitrogens with zero attached hydrogens (tertiary/aromatic N) is 1. The van der Waals surface area contributed by atoms with E-state index in [1.54, 1.807) is 4.90 Å². The summed E-state index contributed by atoms with van der Waals surface area (Å²) in [6, 6.07) is 7.75. The van der Waals surface area contributed by atoms with E-state index in [0.717, 1.165) is 30.2 Å². The van der Waals surface area contributed by atoms with Crippen LogP contribution in [-0.2, 0) is 16.0 Å². The molecule has 0 atom stereocenters. The number of hydrogen-bond donors (Lipinski definition) is 1. The highest BCUT2D eigenvalue weighted by atomic mass is 16.4. The first-order valence-corrected chi connectivity index (χ1v) is 5.90. The van der Waals surface area contributed by atoms with Gasteiger partial charge in [-0.2, -0.15) is 0 Å². The summed E-state index contributed by atoms with van der Waals surface area (Å²) in [6.45, 7) is 2.17. The average Bonchev–Trinajstić information content (AvgIpc) is 2.36. The SMILES string of the molecule is C/C(=C\C(=O)O)C(=O)N1CCCc2ccccc21. The van der Waals surface area contributed by atoms with Gasteiger partial charge in [-0.15, -0.1) is 0 Å². The second kappa shape index (κ2) is 5.04. The number of carbonyl (C=O) groups excluding carboxylic acids is 1. The molecule has 4 heteroatoms. The molecule has 1 amide bonds. The lowest BCUT2D eigenvalue weighted by Crippen LogP contribution is -2.36. The predicted octanol–water partition coefficient (Wildman–Crippen LogP) is 2.00. The van der Waals surface area contributed by atoms with Crippen LogP contribution in [0.25, 0.3) is 0 Å². The number of benzene rings is 1. The molecule has 4 nitrogen and oxygen atoms in total. The van der Waals surface area contributed by atoms with E-state index in [1.165, 1.54) is 6.92 Å². The smallest absolute Gasteiger partial charge is 0.328 e. The van der Waals surface area contributed by atoms with Crippen molar-refractivity contribution in [1.82, 2.24) is 0 Å². The first kappa shape index (κ1) is 12.4. The van der Waals surface area contributed by atoms with Gasteiger partial charge in [0.05, 0.1) is 0 Å². The molecule has 1 aliphatic rings. The van der Waals surface area contributed by atoms with Gasteiger partial charge >= 0.3 is 5.97 Å². The molecule has 0 unspecified atom stereocenters. The number of anilines is 1. The highest BCUT2D eigenvalue weighted by Gasteiger charge is 2.23. The van der Waals surface area contributed by atoms with Crippen molar-refractivity contribution < 1.29 is 14.7 Å². The van der Waals surface area contributed by atoms with Crippen LogP contribution in [0, 0.1) is 0 Å². The van der Waals surface area contributed by atoms with Gasteiger partial charge in [-0.05, 0) is 31.4 Å². The molecule has 94 valence electrons. The van der Waals surface area contributed by atoms with Crippen molar-refractivity contribution in [1.29, 1.82) is 0 Å². The number of hydrogen-bond acceptors (Lipinski definition) is 2. The Labute approximate surface area is 106 Å². The molecule has 1 aliphatic heterocycles. The van der Waals surface area contributed by atoms with Crippen LogP contribution in [0.4, 0.5) is 5.69 Å². The van der Waals surface area contributed by atoms with Gasteiger partial charge in [0.15, 0.2) is 0 Å². The number of carboxylic acids is 1. The highest BCUT2D eigenvalue weighted by Crippen LogP contribution is 2.27. The number of aliphatic carboxylic acids is 1. The number of aryl methyl sites for hydroxylation is 1. The van der Waals surface area contributed by atoms with Crippen LogP contribution in [0.5, 0.6) is 0 Å². The molecule has 1 aromatic carbocycles. The Balaban J connectivity index is 2.31. The molecule has 1 aromatic rings. The van der Waals surface area contributed by atoms with E-state index >= 15 is 0 Å². The molecule has 0 saturated carbocycles. The minimum atomic E-state index is -1.09. The summed E-state index contributed by atoms with van der Waals surface area (Å²) in [5.74, 6) is -1.32. The summed E-state index contributed by atoms with van der Waals surface area (Å²) in [7, 11) is 0. The quantitative estimate of drug-likeness (QED) is 0.811. The first-order valence-electron chi connectivity index (χ1n) is 5.90. The van der Waals surface area contributed by atoms with Crippen molar-refractivity contribution in [2.45, 2.75) is 19.8 Å². The van der Waals surface area contributed by atoms with Crippen molar-refractivity contribution >= 4 is 17.6 Å². The minimum absolute atomic E-state index is 0.232. The monoisotopic (exact) mass is 245 g/mol. The van der Waals surface area contributed by atoms with Gasteiger partial charge in [0.25, 0.3) is 5.91 Å². The van der Waals surface area contributed by atoms with E-state index < -0.39 is 5.97 Å². The fraction of sp³-hybridized carbons (Fsp3) is 0.286. The van der Waals surface area contributed by atoms with E-state index in [0.29, 0.717) is 6.54 Å². The average molecular weight is 245 g/mol. The van der Waals surface area contributed by atoms with Crippen molar-refractivity contribution in [3.05, 3.63) is 41.5 Å². The number of para-hydroxylation sites is 1. The summed E-state index contributed by atoms with van der Waals surface area (Å²) >= 11 is 0. The van der Waals surface area contributed by atoms with Crippen LogP contribution in [0.2, 0.25) is 0 Å². The minimum Gasteiger partial charge on any atom is -0.478 e. The highest BCUT2D eigenvalue weighted by molar-refractivity contribution is 6.08. The molecule has 0 aliphatic carbocycles. The fourth-order valence-electron chi connectivity index (χ4n) is 2.20. The maximum absolute atomic E-state index is 12.2. The molecule has 1 heterocycles. The van der Waals surface area contributed by atoms with Crippen LogP contribution >= 0.6 is 0 Å². The first-order chi connectivity index (χ1) is 8.59. The maximum Gasteiger partial charge on any atom is 0.328 e. The Kier molecular flexibility index (Phi) is 3.46. The van der Waals surface area contributed by atoms with Crippen molar-refractivity contribution in [2.75, 3.05) is 11.4 Å². The number of fused-ring (bicyclic) bond motifs is 1. The third kappa shape index (κ3) is 2.42. The zero-order valence-corrected chi connectivity index (χ0v) is 10.2. The maximum atomic E-state index is 12.2. The van der Waals surface area contributed by atoms with E-state index in [2.05, 4.69) is 0 Å². The molecule has 0 spiro atoms. The zero-order chi connectivity index (χ0) is 13.1. The summed E-state index contributed by atoms with van der Waals surface area (Å²) in [5, 5.41) is 8.68. The number of carbonyl (C=O) groups is 2. The third-order valence-corrected chi connectivity index (χ3v) is 3.03. The number of amides is 1. The van der Waals surface area contributed by atoms with Crippen molar-refractivity contribution in [3.8, 4) is 0 Å². The Morgan fingerprint density at radius 1 is 1.33 bits per heavy atom. The van der Waals surface area contributed by atoms with Gasteiger partial charge < -0.3 is 10.0 Å². The molecular formula is C14H15NO3. The molecule has 2 rings (SSSR count). The largest absolute Gasteiger partial charge is 0.478 e. The third-order valence-electron chi connectivity index (χ3n) is 3.03. The van der Waals surface area contributed by atoms with Gasteiger partial charge in [-0.25, -0.2) is 4.79 Å². The molecule has 0 bridgehead atoms. The Morgan fingerprint density at radius 2 is 2.06 bits per heavy atom. The van der Waals surface area contributed by atoms with E-state index in [9.17, 15) is 9.59 Å². The van der Waals surface area contributed by atoms with Gasteiger partial charge in [0, 0.05) is 23.9 Å². The molecule has 1 N–H and O–H groups in total. The van der Waals surface area contributed by atoms with Crippen LogP contribution in [0.3, 0.4) is 0 Å². The van der Waals surface area contributed by atoms with Crippen LogP contribution in [0.15, 0.2) is 35.9 Å². The lowest BCUT2D eigenvalue weighted by Gasteiger charge is -2.29. The van der Waals surface area contributed by atoms with Gasteiger partial charge in [0.2, 0.25) is 0 Å². The second-order valence-corrected chi connectivity index (χ2v) is 4.35. The predicted molar refractivity (Wildman–Crippen MR) is 68.5 cm³/mol. The normalized spacial score (nSPS) is 15.2. The van der Waals surface area contributed by atoms with Crippen LogP contribution in [0.1, 0.15) is 18.9 Å². The summed E-state index contributed by atoms with van der Waals surface area (Å²) in [4.78, 5) is 24.4. The van der Waals surface area contributed by atoms with Crippen molar-refractivity contribution in [2.24, 2.45) is 0 Å². The number of carboxylic acid groups (broad SMARTS) is 1. The molecule has 0 radical (unpaired) electrons. The lowest BCUT2D eigenvalue weighted by molar-refractivity contribution is -0.131. The molecule has 18 heavy (non-hydrogen) atoms. The fourth-order valence-corrected chi connectivity index (χ4v) is 2.20. The topological polar surface area (TPSA) is 57.6 Å². The lowest BCUT2D eigenvalue weighted by atomic mass is 10.0. The number of rotatable bonds is 2. The molecular weight excluding hydrogens is 230 g/mol. The summed E-state index contributed by atoms with van der Waals surface area (Å²) in [6.07, 6.45) is 2.82.